The van der Waals surface area contributed by atoms with E-state index in [9.17, 15) is 8.42 Å². The lowest BCUT2D eigenvalue weighted by atomic mass is 10.1. The summed E-state index contributed by atoms with van der Waals surface area (Å²) in [5, 5.41) is 0. The first kappa shape index (κ1) is 23.9. The Balaban J connectivity index is 1.34. The first-order valence-corrected chi connectivity index (χ1v) is 12.6. The second kappa shape index (κ2) is 10.4. The van der Waals surface area contributed by atoms with Crippen LogP contribution in [0.25, 0.3) is 0 Å². The number of rotatable bonds is 8. The molecule has 0 radical (unpaired) electrons. The van der Waals surface area contributed by atoms with Gasteiger partial charge in [0.1, 0.15) is 10.6 Å². The van der Waals surface area contributed by atoms with Crippen LogP contribution in [0.3, 0.4) is 0 Å². The van der Waals surface area contributed by atoms with Crippen molar-refractivity contribution in [3.63, 3.8) is 0 Å². The van der Waals surface area contributed by atoms with Crippen LogP contribution in [-0.2, 0) is 16.7 Å². The van der Waals surface area contributed by atoms with Gasteiger partial charge >= 0.3 is 10.1 Å². The first-order valence-electron chi connectivity index (χ1n) is 11.2. The van der Waals surface area contributed by atoms with E-state index in [4.69, 9.17) is 13.7 Å². The van der Waals surface area contributed by atoms with Gasteiger partial charge in [-0.3, -0.25) is 4.90 Å². The van der Waals surface area contributed by atoms with Crippen LogP contribution in [0.4, 0.5) is 5.69 Å². The second-order valence-electron chi connectivity index (χ2n) is 8.30. The molecule has 0 N–H and O–H groups in total. The minimum Gasteiger partial charge on any atom is -0.493 e. The summed E-state index contributed by atoms with van der Waals surface area (Å²) in [6, 6.07) is 19.9. The zero-order valence-electron chi connectivity index (χ0n) is 19.7. The van der Waals surface area contributed by atoms with Gasteiger partial charge in [0, 0.05) is 38.4 Å². The van der Waals surface area contributed by atoms with E-state index in [-0.39, 0.29) is 4.90 Å². The number of methoxy groups -OCH3 is 2. The molecule has 0 bridgehead atoms. The quantitative estimate of drug-likeness (QED) is 0.448. The van der Waals surface area contributed by atoms with Gasteiger partial charge in [0.05, 0.1) is 14.2 Å². The van der Waals surface area contributed by atoms with Crippen molar-refractivity contribution in [2.75, 3.05) is 45.3 Å². The molecule has 0 unspecified atom stereocenters. The molecule has 3 aromatic rings. The van der Waals surface area contributed by atoms with E-state index in [1.165, 1.54) is 5.56 Å². The highest BCUT2D eigenvalue weighted by Crippen LogP contribution is 2.28. The molecule has 0 amide bonds. The van der Waals surface area contributed by atoms with E-state index < -0.39 is 10.1 Å². The molecule has 180 valence electrons. The molecule has 34 heavy (non-hydrogen) atoms. The molecule has 1 saturated heterocycles. The van der Waals surface area contributed by atoms with Crippen LogP contribution < -0.4 is 18.6 Å². The van der Waals surface area contributed by atoms with Gasteiger partial charge < -0.3 is 18.6 Å². The number of ether oxygens (including phenoxy) is 2. The summed E-state index contributed by atoms with van der Waals surface area (Å²) in [7, 11) is -0.595. The third-order valence-corrected chi connectivity index (χ3v) is 7.21. The number of piperazine rings is 1. The molecular formula is C26H30N2O5S. The van der Waals surface area contributed by atoms with E-state index >= 15 is 0 Å². The van der Waals surface area contributed by atoms with Crippen molar-refractivity contribution in [2.24, 2.45) is 0 Å². The standard InChI is InChI=1S/C26H30N2O5S/c1-20-4-9-23(10-5-20)33-34(29,30)24-11-7-22(8-12-24)28-16-14-27(15-17-28)19-21-6-13-25(31-2)26(18-21)32-3/h4-13,18H,14-17,19H2,1-3H3. The van der Waals surface area contributed by atoms with Crippen molar-refractivity contribution in [1.29, 1.82) is 0 Å². The molecular weight excluding hydrogens is 452 g/mol. The lowest BCUT2D eigenvalue weighted by Crippen LogP contribution is -2.45. The maximum atomic E-state index is 12.6. The van der Waals surface area contributed by atoms with Crippen molar-refractivity contribution in [3.05, 3.63) is 77.9 Å². The fourth-order valence-corrected chi connectivity index (χ4v) is 4.92. The number of anilines is 1. The summed E-state index contributed by atoms with van der Waals surface area (Å²) in [5.74, 6) is 1.77. The third-order valence-electron chi connectivity index (χ3n) is 5.94. The molecule has 8 heteroatoms. The van der Waals surface area contributed by atoms with Crippen LogP contribution in [0, 0.1) is 6.92 Å². The smallest absolute Gasteiger partial charge is 0.339 e. The van der Waals surface area contributed by atoms with Gasteiger partial charge in [-0.1, -0.05) is 23.8 Å². The molecule has 1 heterocycles. The SMILES string of the molecule is COc1ccc(CN2CCN(c3ccc(S(=O)(=O)Oc4ccc(C)cc4)cc3)CC2)cc1OC. The van der Waals surface area contributed by atoms with Gasteiger partial charge in [-0.15, -0.1) is 0 Å². The Bertz CT molecular complexity index is 1200. The van der Waals surface area contributed by atoms with Gasteiger partial charge in [0.25, 0.3) is 0 Å². The molecule has 0 spiro atoms. The molecule has 0 aliphatic carbocycles. The highest BCUT2D eigenvalue weighted by molar-refractivity contribution is 7.87. The average Bonchev–Trinajstić information content (AvgIpc) is 2.86. The van der Waals surface area contributed by atoms with E-state index in [1.807, 2.05) is 43.3 Å². The normalized spacial score (nSPS) is 14.6. The summed E-state index contributed by atoms with van der Waals surface area (Å²) < 4.78 is 41.2. The maximum Gasteiger partial charge on any atom is 0.339 e. The molecule has 3 aromatic carbocycles. The Labute approximate surface area is 201 Å². The lowest BCUT2D eigenvalue weighted by molar-refractivity contribution is 0.249. The molecule has 1 fully saturated rings. The predicted molar refractivity (Wildman–Crippen MR) is 132 cm³/mol. The van der Waals surface area contributed by atoms with Gasteiger partial charge in [-0.05, 0) is 61.0 Å². The van der Waals surface area contributed by atoms with Gasteiger partial charge in [-0.2, -0.15) is 8.42 Å². The van der Waals surface area contributed by atoms with Crippen molar-refractivity contribution in [1.82, 2.24) is 4.90 Å². The average molecular weight is 483 g/mol. The van der Waals surface area contributed by atoms with Crippen LogP contribution in [0.2, 0.25) is 0 Å². The van der Waals surface area contributed by atoms with E-state index in [2.05, 4.69) is 15.9 Å². The zero-order valence-corrected chi connectivity index (χ0v) is 20.5. The summed E-state index contributed by atoms with van der Waals surface area (Å²) >= 11 is 0. The largest absolute Gasteiger partial charge is 0.493 e. The Morgan fingerprint density at radius 1 is 0.794 bits per heavy atom. The Kier molecular flexibility index (Phi) is 7.29. The summed E-state index contributed by atoms with van der Waals surface area (Å²) in [6.07, 6.45) is 0. The van der Waals surface area contributed by atoms with E-state index in [0.717, 1.165) is 55.5 Å². The highest BCUT2D eigenvalue weighted by Gasteiger charge is 2.20. The highest BCUT2D eigenvalue weighted by atomic mass is 32.2. The predicted octanol–water partition coefficient (Wildman–Crippen LogP) is 4.10. The van der Waals surface area contributed by atoms with Gasteiger partial charge in [0.2, 0.25) is 0 Å². The summed E-state index contributed by atoms with van der Waals surface area (Å²) in [6.45, 7) is 6.31. The topological polar surface area (TPSA) is 68.3 Å². The molecule has 4 rings (SSSR count). The van der Waals surface area contributed by atoms with Crippen LogP contribution in [0.1, 0.15) is 11.1 Å². The fourth-order valence-electron chi connectivity index (χ4n) is 3.99. The number of hydrogen-bond donors (Lipinski definition) is 0. The summed E-state index contributed by atoms with van der Waals surface area (Å²) in [4.78, 5) is 4.80. The fraction of sp³-hybridized carbons (Fsp3) is 0.308. The second-order valence-corrected chi connectivity index (χ2v) is 9.84. The number of hydrogen-bond acceptors (Lipinski definition) is 7. The molecule has 0 aromatic heterocycles. The summed E-state index contributed by atoms with van der Waals surface area (Å²) in [5.41, 5.74) is 3.22. The Hall–Kier alpha value is -3.23. The molecule has 0 atom stereocenters. The number of aryl methyl sites for hydroxylation is 1. The maximum absolute atomic E-state index is 12.6. The van der Waals surface area contributed by atoms with Crippen molar-refractivity contribution in [3.8, 4) is 17.2 Å². The van der Waals surface area contributed by atoms with Crippen molar-refractivity contribution < 1.29 is 22.1 Å². The van der Waals surface area contributed by atoms with E-state index in [1.54, 1.807) is 38.5 Å². The van der Waals surface area contributed by atoms with Gasteiger partial charge in [-0.25, -0.2) is 0 Å². The first-order chi connectivity index (χ1) is 16.4. The minimum atomic E-state index is -3.87. The van der Waals surface area contributed by atoms with Crippen LogP contribution in [0.5, 0.6) is 17.2 Å². The number of nitrogens with zero attached hydrogens (tertiary/aromatic N) is 2. The lowest BCUT2D eigenvalue weighted by Gasteiger charge is -2.36. The number of benzene rings is 3. The minimum absolute atomic E-state index is 0.143. The molecule has 0 saturated carbocycles. The molecule has 1 aliphatic rings. The van der Waals surface area contributed by atoms with Gasteiger partial charge in [0.15, 0.2) is 11.5 Å². The zero-order chi connectivity index (χ0) is 24.1. The molecule has 7 nitrogen and oxygen atoms in total. The van der Waals surface area contributed by atoms with Crippen LogP contribution in [0.15, 0.2) is 71.6 Å². The Morgan fingerprint density at radius 3 is 2.06 bits per heavy atom. The van der Waals surface area contributed by atoms with E-state index in [0.29, 0.717) is 5.75 Å². The Morgan fingerprint density at radius 2 is 1.44 bits per heavy atom. The van der Waals surface area contributed by atoms with Crippen molar-refractivity contribution in [2.45, 2.75) is 18.4 Å². The third kappa shape index (κ3) is 5.63. The monoisotopic (exact) mass is 482 g/mol. The molecule has 1 aliphatic heterocycles. The van der Waals surface area contributed by atoms with Crippen LogP contribution in [-0.4, -0.2) is 53.7 Å². The van der Waals surface area contributed by atoms with Crippen LogP contribution >= 0.6 is 0 Å². The van der Waals surface area contributed by atoms with Crippen molar-refractivity contribution >= 4 is 15.8 Å².